The van der Waals surface area contributed by atoms with Gasteiger partial charge in [0.1, 0.15) is 5.69 Å². The van der Waals surface area contributed by atoms with E-state index >= 15 is 0 Å². The third-order valence-electron chi connectivity index (χ3n) is 2.57. The molecule has 0 spiro atoms. The smallest absolute Gasteiger partial charge is 0.214 e. The highest BCUT2D eigenvalue weighted by Crippen LogP contribution is 2.14. The zero-order valence-electron chi connectivity index (χ0n) is 8.66. The van der Waals surface area contributed by atoms with Crippen LogP contribution >= 0.6 is 0 Å². The van der Waals surface area contributed by atoms with E-state index < -0.39 is 0 Å². The summed E-state index contributed by atoms with van der Waals surface area (Å²) in [5.74, 6) is 0.282. The quantitative estimate of drug-likeness (QED) is 0.514. The molecule has 1 atom stereocenters. The first-order chi connectivity index (χ1) is 6.07. The van der Waals surface area contributed by atoms with Crippen molar-refractivity contribution in [3.63, 3.8) is 0 Å². The highest BCUT2D eigenvalue weighted by Gasteiger charge is 2.16. The zero-order valence-corrected chi connectivity index (χ0v) is 8.66. The van der Waals surface area contributed by atoms with E-state index in [0.717, 1.165) is 22.5 Å². The molecular weight excluding hydrogens is 164 g/mol. The van der Waals surface area contributed by atoms with Crippen molar-refractivity contribution in [1.29, 1.82) is 0 Å². The fourth-order valence-corrected chi connectivity index (χ4v) is 1.19. The summed E-state index contributed by atoms with van der Waals surface area (Å²) < 4.78 is 0.997. The Bertz CT molecular complexity index is 310. The largest absolute Gasteiger partial charge is 0.618 e. The maximum Gasteiger partial charge on any atom is 0.214 e. The van der Waals surface area contributed by atoms with E-state index in [2.05, 4.69) is 11.9 Å². The lowest BCUT2D eigenvalue weighted by Gasteiger charge is -2.11. The van der Waals surface area contributed by atoms with E-state index in [0.29, 0.717) is 5.69 Å². The molecule has 0 amide bonds. The number of aryl methyl sites for hydroxylation is 1. The second kappa shape index (κ2) is 3.73. The predicted molar refractivity (Wildman–Crippen MR) is 51.4 cm³/mol. The second-order valence-electron chi connectivity index (χ2n) is 3.46. The van der Waals surface area contributed by atoms with Crippen LogP contribution < -0.4 is 4.73 Å². The van der Waals surface area contributed by atoms with Gasteiger partial charge in [-0.15, -0.1) is 0 Å². The topological polar surface area (TPSA) is 39.8 Å². The Balaban J connectivity index is 3.18. The lowest BCUT2D eigenvalue weighted by atomic mass is 10.1. The van der Waals surface area contributed by atoms with Crippen molar-refractivity contribution in [3.05, 3.63) is 28.5 Å². The molecule has 0 radical (unpaired) electrons. The molecule has 0 unspecified atom stereocenters. The van der Waals surface area contributed by atoms with Crippen molar-refractivity contribution in [1.82, 2.24) is 4.98 Å². The van der Waals surface area contributed by atoms with Crippen LogP contribution in [-0.2, 0) is 0 Å². The van der Waals surface area contributed by atoms with Gasteiger partial charge < -0.3 is 5.21 Å². The maximum atomic E-state index is 11.7. The SMILES string of the molecule is CC[C@@H](C)c1cnc(C)c(C)[n+]1[O-]. The van der Waals surface area contributed by atoms with Gasteiger partial charge >= 0.3 is 0 Å². The van der Waals surface area contributed by atoms with Crippen LogP contribution in [0.3, 0.4) is 0 Å². The van der Waals surface area contributed by atoms with Crippen molar-refractivity contribution in [2.75, 3.05) is 0 Å². The molecule has 0 aromatic carbocycles. The summed E-state index contributed by atoms with van der Waals surface area (Å²) in [4.78, 5) is 4.19. The Kier molecular flexibility index (Phi) is 2.86. The van der Waals surface area contributed by atoms with Gasteiger partial charge in [-0.25, -0.2) is 4.98 Å². The number of aromatic nitrogens is 2. The van der Waals surface area contributed by atoms with Gasteiger partial charge in [0, 0.05) is 12.8 Å². The molecule has 72 valence electrons. The van der Waals surface area contributed by atoms with Crippen LogP contribution in [0.4, 0.5) is 0 Å². The minimum Gasteiger partial charge on any atom is -0.618 e. The van der Waals surface area contributed by atoms with E-state index in [4.69, 9.17) is 0 Å². The first-order valence-electron chi connectivity index (χ1n) is 4.63. The Labute approximate surface area is 79.0 Å². The summed E-state index contributed by atoms with van der Waals surface area (Å²) >= 11 is 0. The lowest BCUT2D eigenvalue weighted by molar-refractivity contribution is -0.623. The number of hydrogen-bond donors (Lipinski definition) is 0. The van der Waals surface area contributed by atoms with Crippen molar-refractivity contribution in [3.8, 4) is 0 Å². The Morgan fingerprint density at radius 3 is 2.69 bits per heavy atom. The van der Waals surface area contributed by atoms with Gasteiger partial charge in [-0.05, 0) is 13.3 Å². The number of hydrogen-bond acceptors (Lipinski definition) is 2. The van der Waals surface area contributed by atoms with Gasteiger partial charge in [-0.2, -0.15) is 4.73 Å². The molecule has 1 rings (SSSR count). The Morgan fingerprint density at radius 2 is 2.15 bits per heavy atom. The average molecular weight is 180 g/mol. The molecule has 0 saturated carbocycles. The summed E-state index contributed by atoms with van der Waals surface area (Å²) in [7, 11) is 0. The highest BCUT2D eigenvalue weighted by molar-refractivity contribution is 5.06. The molecule has 3 heteroatoms. The van der Waals surface area contributed by atoms with E-state index in [1.807, 2.05) is 13.8 Å². The van der Waals surface area contributed by atoms with Gasteiger partial charge in [-0.3, -0.25) is 0 Å². The van der Waals surface area contributed by atoms with Gasteiger partial charge in [0.25, 0.3) is 0 Å². The van der Waals surface area contributed by atoms with E-state index in [9.17, 15) is 5.21 Å². The third kappa shape index (κ3) is 1.79. The highest BCUT2D eigenvalue weighted by atomic mass is 16.5. The predicted octanol–water partition coefficient (Wildman–Crippen LogP) is 1.85. The molecule has 0 bridgehead atoms. The van der Waals surface area contributed by atoms with Crippen LogP contribution in [0.2, 0.25) is 0 Å². The van der Waals surface area contributed by atoms with Gasteiger partial charge in [-0.1, -0.05) is 13.8 Å². The summed E-state index contributed by atoms with van der Waals surface area (Å²) in [5.41, 5.74) is 2.28. The first kappa shape index (κ1) is 9.96. The van der Waals surface area contributed by atoms with Gasteiger partial charge in [0.05, 0.1) is 6.20 Å². The fourth-order valence-electron chi connectivity index (χ4n) is 1.19. The molecule has 0 aliphatic carbocycles. The molecule has 1 heterocycles. The molecule has 0 fully saturated rings. The van der Waals surface area contributed by atoms with Crippen molar-refractivity contribution >= 4 is 0 Å². The van der Waals surface area contributed by atoms with Crippen LogP contribution in [0.5, 0.6) is 0 Å². The molecule has 3 nitrogen and oxygen atoms in total. The van der Waals surface area contributed by atoms with Crippen molar-refractivity contribution in [2.45, 2.75) is 40.0 Å². The standard InChI is InChI=1S/C10H16N2O/c1-5-7(2)10-6-11-8(3)9(4)12(10)13/h6-7H,5H2,1-4H3/t7-/m1/s1. The summed E-state index contributed by atoms with van der Waals surface area (Å²) in [5, 5.41) is 11.7. The number of nitrogens with zero attached hydrogens (tertiary/aromatic N) is 2. The van der Waals surface area contributed by atoms with E-state index in [1.54, 1.807) is 13.1 Å². The zero-order chi connectivity index (χ0) is 10.0. The minimum atomic E-state index is 0.282. The van der Waals surface area contributed by atoms with Crippen LogP contribution in [0.15, 0.2) is 6.20 Å². The van der Waals surface area contributed by atoms with Crippen molar-refractivity contribution < 1.29 is 4.73 Å². The average Bonchev–Trinajstić information content (AvgIpc) is 2.13. The van der Waals surface area contributed by atoms with E-state index in [-0.39, 0.29) is 5.92 Å². The second-order valence-corrected chi connectivity index (χ2v) is 3.46. The van der Waals surface area contributed by atoms with Crippen LogP contribution in [0.1, 0.15) is 43.3 Å². The molecule has 1 aromatic heterocycles. The Morgan fingerprint density at radius 1 is 1.54 bits per heavy atom. The van der Waals surface area contributed by atoms with Crippen LogP contribution in [0, 0.1) is 19.1 Å². The molecule has 0 aliphatic rings. The Hall–Kier alpha value is -1.12. The molecule has 13 heavy (non-hydrogen) atoms. The minimum absolute atomic E-state index is 0.282. The molecule has 0 aliphatic heterocycles. The molecular formula is C10H16N2O. The molecule has 0 saturated heterocycles. The van der Waals surface area contributed by atoms with Crippen LogP contribution in [-0.4, -0.2) is 4.98 Å². The molecule has 1 aromatic rings. The number of rotatable bonds is 2. The monoisotopic (exact) mass is 180 g/mol. The van der Waals surface area contributed by atoms with Gasteiger partial charge in [0.2, 0.25) is 11.4 Å². The van der Waals surface area contributed by atoms with E-state index in [1.165, 1.54) is 0 Å². The maximum absolute atomic E-state index is 11.7. The lowest BCUT2D eigenvalue weighted by Crippen LogP contribution is -2.37. The van der Waals surface area contributed by atoms with Crippen molar-refractivity contribution in [2.24, 2.45) is 0 Å². The summed E-state index contributed by atoms with van der Waals surface area (Å²) in [6.45, 7) is 7.77. The first-order valence-corrected chi connectivity index (χ1v) is 4.63. The summed E-state index contributed by atoms with van der Waals surface area (Å²) in [6.07, 6.45) is 2.65. The van der Waals surface area contributed by atoms with Gasteiger partial charge in [0.15, 0.2) is 0 Å². The van der Waals surface area contributed by atoms with Crippen LogP contribution in [0.25, 0.3) is 0 Å². The fraction of sp³-hybridized carbons (Fsp3) is 0.600. The third-order valence-corrected chi connectivity index (χ3v) is 2.57. The normalized spacial score (nSPS) is 12.9. The summed E-state index contributed by atoms with van der Waals surface area (Å²) in [6, 6.07) is 0. The molecule has 0 N–H and O–H groups in total.